The quantitative estimate of drug-likeness (QED) is 0.279. The second-order valence-corrected chi connectivity index (χ2v) is 5.24. The van der Waals surface area contributed by atoms with Crippen LogP contribution in [0.15, 0.2) is 23.3 Å². The highest BCUT2D eigenvalue weighted by molar-refractivity contribution is 5.30. The zero-order chi connectivity index (χ0) is 13.6. The van der Waals surface area contributed by atoms with Crippen molar-refractivity contribution in [3.8, 4) is 0 Å². The average Bonchev–Trinajstić information content (AvgIpc) is 2.39. The Bertz CT molecular complexity index is 232. The Balaban J connectivity index is 4.67. The van der Waals surface area contributed by atoms with Crippen LogP contribution in [-0.2, 0) is 0 Å². The summed E-state index contributed by atoms with van der Waals surface area (Å²) in [6.45, 7) is 9.13. The number of hydrogen-bond donors (Lipinski definition) is 0. The van der Waals surface area contributed by atoms with Gasteiger partial charge in [0.05, 0.1) is 0 Å². The molecule has 0 aromatic rings. The fraction of sp³-hybridized carbons (Fsp3) is 0.778. The van der Waals surface area contributed by atoms with E-state index in [0.717, 1.165) is 0 Å². The van der Waals surface area contributed by atoms with Gasteiger partial charge >= 0.3 is 0 Å². The van der Waals surface area contributed by atoms with Crippen molar-refractivity contribution in [2.24, 2.45) is 0 Å². The molecule has 0 bridgehead atoms. The second kappa shape index (κ2) is 12.9. The van der Waals surface area contributed by atoms with E-state index in [2.05, 4.69) is 39.8 Å². The lowest BCUT2D eigenvalue weighted by atomic mass is 9.94. The summed E-state index contributed by atoms with van der Waals surface area (Å²) in [7, 11) is 0. The highest BCUT2D eigenvalue weighted by atomic mass is 14.1. The van der Waals surface area contributed by atoms with E-state index in [0.29, 0.717) is 0 Å². The molecule has 0 heteroatoms. The van der Waals surface area contributed by atoms with Crippen molar-refractivity contribution < 1.29 is 0 Å². The van der Waals surface area contributed by atoms with Crippen LogP contribution in [0.25, 0.3) is 0 Å². The maximum atomic E-state index is 2.52. The SMILES string of the molecule is CCCC=C(CCC)C(=CCCCC)CCCC. The fourth-order valence-corrected chi connectivity index (χ4v) is 2.22. The van der Waals surface area contributed by atoms with Gasteiger partial charge in [0, 0.05) is 0 Å². The van der Waals surface area contributed by atoms with E-state index >= 15 is 0 Å². The van der Waals surface area contributed by atoms with Crippen LogP contribution in [0.5, 0.6) is 0 Å². The Morgan fingerprint density at radius 3 is 1.78 bits per heavy atom. The molecule has 0 aromatic carbocycles. The van der Waals surface area contributed by atoms with E-state index < -0.39 is 0 Å². The van der Waals surface area contributed by atoms with Crippen LogP contribution in [0.4, 0.5) is 0 Å². The summed E-state index contributed by atoms with van der Waals surface area (Å²) in [6.07, 6.45) is 17.9. The standard InChI is InChI=1S/C18H34/c1-5-9-12-16-18(15-11-7-3)17(13-8-4)14-10-6-2/h14,16H,5-13,15H2,1-4H3. The van der Waals surface area contributed by atoms with Gasteiger partial charge in [-0.2, -0.15) is 0 Å². The number of rotatable bonds is 11. The minimum absolute atomic E-state index is 1.24. The Morgan fingerprint density at radius 1 is 0.611 bits per heavy atom. The van der Waals surface area contributed by atoms with Crippen molar-refractivity contribution in [2.75, 3.05) is 0 Å². The van der Waals surface area contributed by atoms with Gasteiger partial charge in [0.2, 0.25) is 0 Å². The molecule has 0 heterocycles. The molecule has 106 valence electrons. The van der Waals surface area contributed by atoms with Gasteiger partial charge in [0.25, 0.3) is 0 Å². The lowest BCUT2D eigenvalue weighted by Crippen LogP contribution is -1.92. The van der Waals surface area contributed by atoms with Crippen LogP contribution < -0.4 is 0 Å². The third kappa shape index (κ3) is 8.55. The molecule has 0 radical (unpaired) electrons. The minimum atomic E-state index is 1.24. The van der Waals surface area contributed by atoms with Crippen LogP contribution in [0, 0.1) is 0 Å². The van der Waals surface area contributed by atoms with Gasteiger partial charge in [-0.25, -0.2) is 0 Å². The lowest BCUT2D eigenvalue weighted by Gasteiger charge is -2.12. The first-order chi connectivity index (χ1) is 8.79. The zero-order valence-corrected chi connectivity index (χ0v) is 13.2. The number of hydrogen-bond acceptors (Lipinski definition) is 0. The van der Waals surface area contributed by atoms with Gasteiger partial charge < -0.3 is 0 Å². The van der Waals surface area contributed by atoms with Gasteiger partial charge in [-0.3, -0.25) is 0 Å². The van der Waals surface area contributed by atoms with E-state index in [-0.39, 0.29) is 0 Å². The average molecular weight is 250 g/mol. The first-order valence-corrected chi connectivity index (χ1v) is 8.18. The van der Waals surface area contributed by atoms with Crippen LogP contribution in [0.2, 0.25) is 0 Å². The van der Waals surface area contributed by atoms with Gasteiger partial charge in [-0.15, -0.1) is 0 Å². The zero-order valence-electron chi connectivity index (χ0n) is 13.2. The van der Waals surface area contributed by atoms with Crippen molar-refractivity contribution in [2.45, 2.75) is 91.9 Å². The lowest BCUT2D eigenvalue weighted by molar-refractivity contribution is 0.757. The maximum Gasteiger partial charge on any atom is -0.0280 e. The highest BCUT2D eigenvalue weighted by Crippen LogP contribution is 2.23. The van der Waals surface area contributed by atoms with Gasteiger partial charge in [-0.05, 0) is 43.3 Å². The smallest absolute Gasteiger partial charge is 0.0280 e. The monoisotopic (exact) mass is 250 g/mol. The molecule has 0 nitrogen and oxygen atoms in total. The molecule has 0 N–H and O–H groups in total. The van der Waals surface area contributed by atoms with E-state index in [1.165, 1.54) is 64.2 Å². The molecule has 0 aliphatic carbocycles. The molecule has 0 aliphatic rings. The molecule has 0 amide bonds. The summed E-state index contributed by atoms with van der Waals surface area (Å²) in [5, 5.41) is 0. The molecule has 0 saturated heterocycles. The Hall–Kier alpha value is -0.520. The van der Waals surface area contributed by atoms with Gasteiger partial charge in [-0.1, -0.05) is 72.0 Å². The molecular weight excluding hydrogens is 216 g/mol. The summed E-state index contributed by atoms with van der Waals surface area (Å²) < 4.78 is 0. The van der Waals surface area contributed by atoms with Crippen molar-refractivity contribution in [1.82, 2.24) is 0 Å². The molecule has 0 spiro atoms. The molecule has 0 aromatic heterocycles. The first-order valence-electron chi connectivity index (χ1n) is 8.18. The van der Waals surface area contributed by atoms with Gasteiger partial charge in [0.1, 0.15) is 0 Å². The van der Waals surface area contributed by atoms with Crippen molar-refractivity contribution in [3.63, 3.8) is 0 Å². The van der Waals surface area contributed by atoms with Gasteiger partial charge in [0.15, 0.2) is 0 Å². The normalized spacial score (nSPS) is 13.1. The summed E-state index contributed by atoms with van der Waals surface area (Å²) in [6, 6.07) is 0. The minimum Gasteiger partial charge on any atom is -0.0811 e. The predicted octanol–water partition coefficient (Wildman–Crippen LogP) is 6.82. The van der Waals surface area contributed by atoms with Crippen LogP contribution in [0.3, 0.4) is 0 Å². The van der Waals surface area contributed by atoms with E-state index in [9.17, 15) is 0 Å². The third-order valence-corrected chi connectivity index (χ3v) is 3.36. The Kier molecular flexibility index (Phi) is 12.6. The van der Waals surface area contributed by atoms with E-state index in [1.807, 2.05) is 0 Å². The molecule has 18 heavy (non-hydrogen) atoms. The summed E-state index contributed by atoms with van der Waals surface area (Å²) >= 11 is 0. The van der Waals surface area contributed by atoms with Crippen LogP contribution >= 0.6 is 0 Å². The Labute approximate surface area is 116 Å². The van der Waals surface area contributed by atoms with Crippen LogP contribution in [0.1, 0.15) is 91.9 Å². The van der Waals surface area contributed by atoms with E-state index in [4.69, 9.17) is 0 Å². The number of unbranched alkanes of at least 4 members (excludes halogenated alkanes) is 4. The largest absolute Gasteiger partial charge is 0.0811 e. The summed E-state index contributed by atoms with van der Waals surface area (Å²) in [5.41, 5.74) is 3.30. The Morgan fingerprint density at radius 2 is 1.22 bits per heavy atom. The second-order valence-electron chi connectivity index (χ2n) is 5.24. The van der Waals surface area contributed by atoms with Crippen molar-refractivity contribution in [3.05, 3.63) is 23.3 Å². The maximum absolute atomic E-state index is 2.52. The molecule has 0 fully saturated rings. The van der Waals surface area contributed by atoms with Crippen molar-refractivity contribution >= 4 is 0 Å². The highest BCUT2D eigenvalue weighted by Gasteiger charge is 2.04. The molecule has 0 rings (SSSR count). The molecule has 0 atom stereocenters. The fourth-order valence-electron chi connectivity index (χ4n) is 2.22. The summed E-state index contributed by atoms with van der Waals surface area (Å²) in [5.74, 6) is 0. The van der Waals surface area contributed by atoms with E-state index in [1.54, 1.807) is 11.1 Å². The number of allylic oxidation sites excluding steroid dienone is 4. The van der Waals surface area contributed by atoms with Crippen LogP contribution in [-0.4, -0.2) is 0 Å². The topological polar surface area (TPSA) is 0 Å². The first kappa shape index (κ1) is 17.5. The van der Waals surface area contributed by atoms with Crippen molar-refractivity contribution in [1.29, 1.82) is 0 Å². The molecular formula is C18H34. The third-order valence-electron chi connectivity index (χ3n) is 3.36. The summed E-state index contributed by atoms with van der Waals surface area (Å²) in [4.78, 5) is 0. The molecule has 0 saturated carbocycles. The molecule has 0 aliphatic heterocycles. The molecule has 0 unspecified atom stereocenters. The predicted molar refractivity (Wildman–Crippen MR) is 85.0 cm³/mol.